The molecule has 1 heterocycles. The van der Waals surface area contributed by atoms with Crippen molar-refractivity contribution in [2.45, 2.75) is 45.4 Å². The van der Waals surface area contributed by atoms with Crippen molar-refractivity contribution in [3.63, 3.8) is 0 Å². The van der Waals surface area contributed by atoms with E-state index < -0.39 is 0 Å². The van der Waals surface area contributed by atoms with Crippen molar-refractivity contribution >= 4 is 17.2 Å². The Morgan fingerprint density at radius 2 is 2.12 bits per heavy atom. The maximum absolute atomic E-state index is 5.79. The van der Waals surface area contributed by atoms with Crippen molar-refractivity contribution in [1.82, 2.24) is 4.98 Å². The van der Waals surface area contributed by atoms with Gasteiger partial charge in [0.15, 0.2) is 0 Å². The van der Waals surface area contributed by atoms with Gasteiger partial charge in [-0.15, -0.1) is 0 Å². The maximum atomic E-state index is 5.79. The summed E-state index contributed by atoms with van der Waals surface area (Å²) >= 11 is 5.13. The molecule has 2 rings (SSSR count). The minimum absolute atomic E-state index is 0.501. The van der Waals surface area contributed by atoms with Gasteiger partial charge < -0.3 is 5.73 Å². The molecule has 0 bridgehead atoms. The normalized spacial score (nSPS) is 17.0. The average Bonchev–Trinajstić information content (AvgIpc) is 2.33. The van der Waals surface area contributed by atoms with E-state index in [-0.39, 0.29) is 0 Å². The molecule has 92 valence electrons. The Bertz CT molecular complexity index is 409. The molecule has 0 radical (unpaired) electrons. The lowest BCUT2D eigenvalue weighted by Gasteiger charge is -2.23. The summed E-state index contributed by atoms with van der Waals surface area (Å²) in [5.41, 5.74) is 9.17. The quantitative estimate of drug-likeness (QED) is 0.835. The van der Waals surface area contributed by atoms with E-state index >= 15 is 0 Å². The second-order valence-electron chi connectivity index (χ2n) is 4.99. The smallest absolute Gasteiger partial charge is 0.104 e. The van der Waals surface area contributed by atoms with E-state index in [0.717, 1.165) is 23.6 Å². The summed E-state index contributed by atoms with van der Waals surface area (Å²) in [7, 11) is 0. The molecule has 1 aliphatic carbocycles. The second kappa shape index (κ2) is 5.58. The van der Waals surface area contributed by atoms with E-state index in [1.54, 1.807) is 6.20 Å². The highest BCUT2D eigenvalue weighted by Gasteiger charge is 2.17. The molecule has 0 aliphatic heterocycles. The fourth-order valence-corrected chi connectivity index (χ4v) is 2.96. The molecule has 0 saturated heterocycles. The van der Waals surface area contributed by atoms with Crippen LogP contribution in [0.5, 0.6) is 0 Å². The lowest BCUT2D eigenvalue weighted by atomic mass is 9.83. The lowest BCUT2D eigenvalue weighted by Crippen LogP contribution is -2.17. The van der Waals surface area contributed by atoms with E-state index in [2.05, 4.69) is 11.9 Å². The Labute approximate surface area is 109 Å². The highest BCUT2D eigenvalue weighted by atomic mass is 32.1. The zero-order valence-corrected chi connectivity index (χ0v) is 11.2. The molecule has 1 saturated carbocycles. The molecule has 2 N–H and O–H groups in total. The minimum Gasteiger partial charge on any atom is -0.389 e. The third kappa shape index (κ3) is 3.03. The van der Waals surface area contributed by atoms with Crippen LogP contribution in [0.25, 0.3) is 0 Å². The molecule has 0 atom stereocenters. The number of aryl methyl sites for hydroxylation is 1. The third-order valence-electron chi connectivity index (χ3n) is 3.75. The Kier molecular flexibility index (Phi) is 4.11. The van der Waals surface area contributed by atoms with Gasteiger partial charge in [-0.1, -0.05) is 44.3 Å². The van der Waals surface area contributed by atoms with Crippen molar-refractivity contribution in [1.29, 1.82) is 0 Å². The van der Waals surface area contributed by atoms with E-state index in [9.17, 15) is 0 Å². The highest BCUT2D eigenvalue weighted by Crippen LogP contribution is 2.28. The predicted molar refractivity (Wildman–Crippen MR) is 75.1 cm³/mol. The number of hydrogen-bond acceptors (Lipinski definition) is 2. The van der Waals surface area contributed by atoms with Crippen molar-refractivity contribution in [2.75, 3.05) is 0 Å². The number of nitrogens with two attached hydrogens (primary N) is 1. The summed E-state index contributed by atoms with van der Waals surface area (Å²) in [6, 6.07) is 1.95. The van der Waals surface area contributed by atoms with E-state index in [1.807, 2.05) is 6.07 Å². The van der Waals surface area contributed by atoms with Gasteiger partial charge in [0, 0.05) is 17.5 Å². The fraction of sp³-hybridized carbons (Fsp3) is 0.571. The van der Waals surface area contributed by atoms with Gasteiger partial charge in [0.25, 0.3) is 0 Å². The predicted octanol–water partition coefficient (Wildman–Crippen LogP) is 3.15. The molecule has 0 spiro atoms. The molecule has 0 unspecified atom stereocenters. The zero-order valence-electron chi connectivity index (χ0n) is 10.4. The summed E-state index contributed by atoms with van der Waals surface area (Å²) in [6.07, 6.45) is 9.69. The van der Waals surface area contributed by atoms with Gasteiger partial charge in [0.05, 0.1) is 0 Å². The van der Waals surface area contributed by atoms with Crippen molar-refractivity contribution in [3.05, 3.63) is 29.1 Å². The van der Waals surface area contributed by atoms with Crippen molar-refractivity contribution < 1.29 is 0 Å². The SMILES string of the molecule is Cc1nccc(C(N)=S)c1CC1CCCCC1. The van der Waals surface area contributed by atoms with Gasteiger partial charge in [-0.05, 0) is 30.9 Å². The summed E-state index contributed by atoms with van der Waals surface area (Å²) in [5.74, 6) is 0.791. The molecule has 3 heteroatoms. The fourth-order valence-electron chi connectivity index (χ4n) is 2.77. The van der Waals surface area contributed by atoms with Gasteiger partial charge in [0.1, 0.15) is 4.99 Å². The van der Waals surface area contributed by atoms with Crippen LogP contribution in [0.15, 0.2) is 12.3 Å². The number of nitrogens with zero attached hydrogens (tertiary/aromatic N) is 1. The molecule has 1 aromatic rings. The molecule has 0 aromatic carbocycles. The van der Waals surface area contributed by atoms with E-state index in [1.165, 1.54) is 37.7 Å². The van der Waals surface area contributed by atoms with Crippen LogP contribution in [0.1, 0.15) is 48.9 Å². The van der Waals surface area contributed by atoms with Gasteiger partial charge in [-0.25, -0.2) is 0 Å². The average molecular weight is 248 g/mol. The summed E-state index contributed by atoms with van der Waals surface area (Å²) < 4.78 is 0. The van der Waals surface area contributed by atoms with Gasteiger partial charge >= 0.3 is 0 Å². The lowest BCUT2D eigenvalue weighted by molar-refractivity contribution is 0.356. The molecule has 1 fully saturated rings. The number of rotatable bonds is 3. The van der Waals surface area contributed by atoms with Crippen LogP contribution in [-0.2, 0) is 6.42 Å². The first kappa shape index (κ1) is 12.5. The van der Waals surface area contributed by atoms with Crippen molar-refractivity contribution in [3.8, 4) is 0 Å². The maximum Gasteiger partial charge on any atom is 0.104 e. The number of aromatic nitrogens is 1. The standard InChI is InChI=1S/C14H20N2S/c1-10-13(9-11-5-3-2-4-6-11)12(14(15)17)7-8-16-10/h7-8,11H,2-6,9H2,1H3,(H2,15,17). The summed E-state index contributed by atoms with van der Waals surface area (Å²) in [5, 5.41) is 0. The first-order chi connectivity index (χ1) is 8.18. The zero-order chi connectivity index (χ0) is 12.3. The van der Waals surface area contributed by atoms with Gasteiger partial charge in [-0.3, -0.25) is 4.98 Å². The monoisotopic (exact) mass is 248 g/mol. The molecule has 1 aromatic heterocycles. The first-order valence-corrected chi connectivity index (χ1v) is 6.83. The van der Waals surface area contributed by atoms with Crippen LogP contribution in [0.3, 0.4) is 0 Å². The molecule has 0 amide bonds. The second-order valence-corrected chi connectivity index (χ2v) is 5.43. The Hall–Kier alpha value is -0.960. The highest BCUT2D eigenvalue weighted by molar-refractivity contribution is 7.80. The Morgan fingerprint density at radius 3 is 2.76 bits per heavy atom. The largest absolute Gasteiger partial charge is 0.389 e. The molecule has 17 heavy (non-hydrogen) atoms. The van der Waals surface area contributed by atoms with Crippen LogP contribution >= 0.6 is 12.2 Å². The van der Waals surface area contributed by atoms with Crippen LogP contribution in [0.2, 0.25) is 0 Å². The van der Waals surface area contributed by atoms with Crippen LogP contribution < -0.4 is 5.73 Å². The molecular weight excluding hydrogens is 228 g/mol. The van der Waals surface area contributed by atoms with Crippen LogP contribution in [0.4, 0.5) is 0 Å². The van der Waals surface area contributed by atoms with Crippen molar-refractivity contribution in [2.24, 2.45) is 11.7 Å². The van der Waals surface area contributed by atoms with Crippen LogP contribution in [-0.4, -0.2) is 9.97 Å². The van der Waals surface area contributed by atoms with E-state index in [4.69, 9.17) is 18.0 Å². The number of pyridine rings is 1. The van der Waals surface area contributed by atoms with Crippen LogP contribution in [0, 0.1) is 12.8 Å². The first-order valence-electron chi connectivity index (χ1n) is 6.42. The Morgan fingerprint density at radius 1 is 1.41 bits per heavy atom. The molecule has 1 aliphatic rings. The Balaban J connectivity index is 2.21. The topological polar surface area (TPSA) is 38.9 Å². The third-order valence-corrected chi connectivity index (χ3v) is 3.97. The summed E-state index contributed by atoms with van der Waals surface area (Å²) in [4.78, 5) is 4.87. The molecular formula is C14H20N2S. The molecule has 2 nitrogen and oxygen atoms in total. The van der Waals surface area contributed by atoms with E-state index in [0.29, 0.717) is 4.99 Å². The number of hydrogen-bond donors (Lipinski definition) is 1. The minimum atomic E-state index is 0.501. The summed E-state index contributed by atoms with van der Waals surface area (Å²) in [6.45, 7) is 2.06. The van der Waals surface area contributed by atoms with Gasteiger partial charge in [-0.2, -0.15) is 0 Å². The number of thiocarbonyl (C=S) groups is 1. The van der Waals surface area contributed by atoms with Gasteiger partial charge in [0.2, 0.25) is 0 Å².